The van der Waals surface area contributed by atoms with Crippen LogP contribution in [0.1, 0.15) is 30.5 Å². The van der Waals surface area contributed by atoms with Gasteiger partial charge in [0, 0.05) is 36.5 Å². The fourth-order valence-corrected chi connectivity index (χ4v) is 6.07. The second-order valence-corrected chi connectivity index (χ2v) is 9.81. The standard InChI is InChI=1S/C24H24F2N6S/c1-14-11-20(33-30-14)31-12-17-8-9-18(13-31)21(17)27-24-28-23-19(3-2-10-32(23)29-24)15-4-6-16(7-5-15)22(25)26/h2-7,10-11,17-18,21-22H,8-9,12-13H2,1H3,(H,27,29). The Morgan fingerprint density at radius 3 is 2.52 bits per heavy atom. The first-order chi connectivity index (χ1) is 16.0. The first kappa shape index (κ1) is 20.5. The Kier molecular flexibility index (Phi) is 5.01. The van der Waals surface area contributed by atoms with Gasteiger partial charge in [-0.3, -0.25) is 0 Å². The minimum Gasteiger partial charge on any atom is -0.361 e. The number of alkyl halides is 2. The fraction of sp³-hybridized carbons (Fsp3) is 0.375. The number of rotatable bonds is 5. The van der Waals surface area contributed by atoms with Crippen LogP contribution in [0.2, 0.25) is 0 Å². The zero-order valence-electron chi connectivity index (χ0n) is 18.2. The van der Waals surface area contributed by atoms with E-state index in [0.29, 0.717) is 23.8 Å². The van der Waals surface area contributed by atoms with E-state index in [0.717, 1.165) is 35.6 Å². The van der Waals surface area contributed by atoms with Crippen LogP contribution in [-0.2, 0) is 0 Å². The number of fused-ring (bicyclic) bond motifs is 3. The van der Waals surface area contributed by atoms with E-state index in [1.165, 1.54) is 30.0 Å². The lowest BCUT2D eigenvalue weighted by molar-refractivity contribution is 0.151. The molecule has 0 spiro atoms. The van der Waals surface area contributed by atoms with Crippen LogP contribution in [0.4, 0.5) is 19.7 Å². The Morgan fingerprint density at radius 2 is 1.85 bits per heavy atom. The summed E-state index contributed by atoms with van der Waals surface area (Å²) in [6.07, 6.45) is 1.80. The van der Waals surface area contributed by atoms with Crippen molar-refractivity contribution in [1.82, 2.24) is 19.0 Å². The quantitative estimate of drug-likeness (QED) is 0.425. The van der Waals surface area contributed by atoms with Crippen LogP contribution < -0.4 is 10.2 Å². The topological polar surface area (TPSA) is 58.4 Å². The first-order valence-electron chi connectivity index (χ1n) is 11.2. The molecule has 6 rings (SSSR count). The predicted octanol–water partition coefficient (Wildman–Crippen LogP) is 5.43. The van der Waals surface area contributed by atoms with Crippen molar-refractivity contribution < 1.29 is 8.78 Å². The second-order valence-electron chi connectivity index (χ2n) is 9.03. The van der Waals surface area contributed by atoms with Crippen molar-refractivity contribution in [3.05, 3.63) is 59.9 Å². The molecule has 1 saturated heterocycles. The lowest BCUT2D eigenvalue weighted by Gasteiger charge is -2.38. The molecule has 1 aliphatic carbocycles. The molecule has 0 radical (unpaired) electrons. The van der Waals surface area contributed by atoms with Crippen molar-refractivity contribution in [2.75, 3.05) is 23.3 Å². The molecule has 3 aromatic heterocycles. The van der Waals surface area contributed by atoms with Crippen LogP contribution in [0, 0.1) is 18.8 Å². The summed E-state index contributed by atoms with van der Waals surface area (Å²) in [5.74, 6) is 1.70. The normalized spacial score (nSPS) is 22.4. The number of halogens is 2. The molecule has 33 heavy (non-hydrogen) atoms. The molecule has 2 unspecified atom stereocenters. The maximum Gasteiger partial charge on any atom is 0.263 e. The lowest BCUT2D eigenvalue weighted by atomic mass is 9.92. The maximum atomic E-state index is 12.9. The number of hydrogen-bond donors (Lipinski definition) is 1. The number of aryl methyl sites for hydroxylation is 1. The monoisotopic (exact) mass is 466 g/mol. The van der Waals surface area contributed by atoms with Crippen LogP contribution in [0.15, 0.2) is 48.7 Å². The number of nitrogens with one attached hydrogen (secondary N) is 1. The summed E-state index contributed by atoms with van der Waals surface area (Å²) in [4.78, 5) is 7.26. The van der Waals surface area contributed by atoms with Crippen molar-refractivity contribution in [2.45, 2.75) is 32.2 Å². The van der Waals surface area contributed by atoms with Crippen LogP contribution in [0.3, 0.4) is 0 Å². The molecule has 170 valence electrons. The maximum absolute atomic E-state index is 12.9. The minimum absolute atomic E-state index is 0.0184. The van der Waals surface area contributed by atoms with E-state index >= 15 is 0 Å². The van der Waals surface area contributed by atoms with Crippen LogP contribution >= 0.6 is 11.5 Å². The number of aromatic nitrogens is 4. The molecule has 0 amide bonds. The number of piperidine rings is 1. The van der Waals surface area contributed by atoms with Gasteiger partial charge in [-0.15, -0.1) is 5.10 Å². The smallest absolute Gasteiger partial charge is 0.263 e. The molecule has 6 nitrogen and oxygen atoms in total. The molecule has 4 aromatic rings. The zero-order valence-corrected chi connectivity index (χ0v) is 19.0. The molecule has 2 bridgehead atoms. The largest absolute Gasteiger partial charge is 0.361 e. The third-order valence-electron chi connectivity index (χ3n) is 6.89. The van der Waals surface area contributed by atoms with Gasteiger partial charge in [0.05, 0.1) is 5.69 Å². The minimum atomic E-state index is -2.47. The van der Waals surface area contributed by atoms with E-state index < -0.39 is 6.43 Å². The van der Waals surface area contributed by atoms with Crippen LogP contribution in [0.5, 0.6) is 0 Å². The number of benzene rings is 1. The Labute approximate surface area is 194 Å². The highest BCUT2D eigenvalue weighted by Crippen LogP contribution is 2.41. The number of pyridine rings is 1. The van der Waals surface area contributed by atoms with Gasteiger partial charge >= 0.3 is 0 Å². The first-order valence-corrected chi connectivity index (χ1v) is 12.0. The molecular weight excluding hydrogens is 442 g/mol. The Hall–Kier alpha value is -3.07. The van der Waals surface area contributed by atoms with Crippen LogP contribution in [-0.4, -0.2) is 38.1 Å². The summed E-state index contributed by atoms with van der Waals surface area (Å²) in [6.45, 7) is 4.08. The highest BCUT2D eigenvalue weighted by Gasteiger charge is 2.43. The summed E-state index contributed by atoms with van der Waals surface area (Å²) in [6, 6.07) is 12.7. The van der Waals surface area contributed by atoms with Gasteiger partial charge in [-0.2, -0.15) is 9.36 Å². The van der Waals surface area contributed by atoms with Gasteiger partial charge in [0.2, 0.25) is 5.95 Å². The average Bonchev–Trinajstić information content (AvgIpc) is 3.49. The van der Waals surface area contributed by atoms with E-state index in [2.05, 4.69) is 25.8 Å². The Balaban J connectivity index is 1.24. The van der Waals surface area contributed by atoms with Crippen molar-refractivity contribution in [1.29, 1.82) is 0 Å². The highest BCUT2D eigenvalue weighted by molar-refractivity contribution is 7.10. The van der Waals surface area contributed by atoms with Gasteiger partial charge in [-0.05, 0) is 66.9 Å². The fourth-order valence-electron chi connectivity index (χ4n) is 5.29. The van der Waals surface area contributed by atoms with Crippen LogP contribution in [0.25, 0.3) is 16.8 Å². The number of hydrogen-bond acceptors (Lipinski definition) is 6. The summed E-state index contributed by atoms with van der Waals surface area (Å²) in [5, 5.41) is 9.56. The summed E-state index contributed by atoms with van der Waals surface area (Å²) in [7, 11) is 0. The van der Waals surface area contributed by atoms with Gasteiger partial charge in [0.15, 0.2) is 5.65 Å². The van der Waals surface area contributed by atoms with E-state index in [1.54, 1.807) is 28.2 Å². The molecule has 2 atom stereocenters. The second kappa shape index (κ2) is 8.06. The highest BCUT2D eigenvalue weighted by atomic mass is 32.1. The third-order valence-corrected chi connectivity index (χ3v) is 7.84. The molecule has 1 N–H and O–H groups in total. The van der Waals surface area contributed by atoms with Gasteiger partial charge in [0.1, 0.15) is 5.00 Å². The molecule has 1 aliphatic heterocycles. The molecule has 1 aromatic carbocycles. The zero-order chi connectivity index (χ0) is 22.5. The molecule has 1 saturated carbocycles. The van der Waals surface area contributed by atoms with Gasteiger partial charge in [-0.1, -0.05) is 24.3 Å². The molecule has 2 aliphatic rings. The molecule has 9 heteroatoms. The van der Waals surface area contributed by atoms with Gasteiger partial charge in [-0.25, -0.2) is 13.3 Å². The Morgan fingerprint density at radius 1 is 1.09 bits per heavy atom. The van der Waals surface area contributed by atoms with E-state index in [-0.39, 0.29) is 5.56 Å². The van der Waals surface area contributed by atoms with Gasteiger partial charge < -0.3 is 10.2 Å². The summed E-state index contributed by atoms with van der Waals surface area (Å²) in [5.41, 5.74) is 3.53. The van der Waals surface area contributed by atoms with E-state index in [4.69, 9.17) is 4.98 Å². The molecule has 2 fully saturated rings. The van der Waals surface area contributed by atoms with E-state index in [1.807, 2.05) is 25.3 Å². The molecule has 4 heterocycles. The molecular formula is C24H24F2N6S. The number of anilines is 2. The van der Waals surface area contributed by atoms with Gasteiger partial charge in [0.25, 0.3) is 6.43 Å². The third kappa shape index (κ3) is 3.74. The van der Waals surface area contributed by atoms with Crippen molar-refractivity contribution in [3.63, 3.8) is 0 Å². The SMILES string of the molecule is Cc1cc(N2CC3CCC(C2)C3Nc2nc3c(-c4ccc(C(F)F)cc4)cccn3n2)sn1. The summed E-state index contributed by atoms with van der Waals surface area (Å²) >= 11 is 1.58. The van der Waals surface area contributed by atoms with E-state index in [9.17, 15) is 8.78 Å². The van der Waals surface area contributed by atoms with Crippen molar-refractivity contribution in [3.8, 4) is 11.1 Å². The summed E-state index contributed by atoms with van der Waals surface area (Å²) < 4.78 is 32.1. The predicted molar refractivity (Wildman–Crippen MR) is 126 cm³/mol. The van der Waals surface area contributed by atoms with Crippen molar-refractivity contribution >= 4 is 28.1 Å². The number of nitrogens with zero attached hydrogens (tertiary/aromatic N) is 5. The van der Waals surface area contributed by atoms with Crippen molar-refractivity contribution in [2.24, 2.45) is 11.8 Å². The average molecular weight is 467 g/mol. The lowest BCUT2D eigenvalue weighted by Crippen LogP contribution is -2.48. The Bertz CT molecular complexity index is 1270.